The standard InChI is InChI=1S/C13H19N3O2/c1-8(2)6-10(7-14)13-15-12(16-18-13)11-9(3)4-5-17-11/h4-5,8,10H,6-7,14H2,1-3H3. The number of rotatable bonds is 5. The van der Waals surface area contributed by atoms with Crippen molar-refractivity contribution < 1.29 is 8.94 Å². The predicted molar refractivity (Wildman–Crippen MR) is 68.0 cm³/mol. The lowest BCUT2D eigenvalue weighted by Crippen LogP contribution is -2.15. The molecule has 2 rings (SSSR count). The van der Waals surface area contributed by atoms with E-state index in [0.29, 0.717) is 29.9 Å². The minimum absolute atomic E-state index is 0.113. The molecule has 2 heterocycles. The Kier molecular flexibility index (Phi) is 3.81. The van der Waals surface area contributed by atoms with Gasteiger partial charge in [0.2, 0.25) is 11.7 Å². The van der Waals surface area contributed by atoms with Crippen LogP contribution in [0.5, 0.6) is 0 Å². The van der Waals surface area contributed by atoms with Crippen molar-refractivity contribution in [2.24, 2.45) is 11.7 Å². The number of hydrogen-bond donors (Lipinski definition) is 1. The molecule has 0 bridgehead atoms. The van der Waals surface area contributed by atoms with E-state index in [4.69, 9.17) is 14.7 Å². The van der Waals surface area contributed by atoms with Crippen LogP contribution >= 0.6 is 0 Å². The van der Waals surface area contributed by atoms with E-state index < -0.39 is 0 Å². The van der Waals surface area contributed by atoms with E-state index >= 15 is 0 Å². The van der Waals surface area contributed by atoms with Crippen molar-refractivity contribution in [2.75, 3.05) is 6.54 Å². The van der Waals surface area contributed by atoms with Gasteiger partial charge in [0.15, 0.2) is 5.76 Å². The maximum atomic E-state index is 5.76. The van der Waals surface area contributed by atoms with Crippen LogP contribution in [-0.4, -0.2) is 16.7 Å². The Hall–Kier alpha value is -1.62. The fourth-order valence-corrected chi connectivity index (χ4v) is 1.96. The summed E-state index contributed by atoms with van der Waals surface area (Å²) in [7, 11) is 0. The van der Waals surface area contributed by atoms with Crippen molar-refractivity contribution >= 4 is 0 Å². The second-order valence-electron chi connectivity index (χ2n) is 4.95. The molecule has 0 spiro atoms. The van der Waals surface area contributed by atoms with Gasteiger partial charge in [-0.1, -0.05) is 19.0 Å². The molecular weight excluding hydrogens is 230 g/mol. The summed E-state index contributed by atoms with van der Waals surface area (Å²) in [5.41, 5.74) is 6.76. The Morgan fingerprint density at radius 1 is 1.39 bits per heavy atom. The minimum atomic E-state index is 0.113. The van der Waals surface area contributed by atoms with Crippen LogP contribution in [0.4, 0.5) is 0 Å². The third kappa shape index (κ3) is 2.61. The summed E-state index contributed by atoms with van der Waals surface area (Å²) in [6, 6.07) is 1.87. The molecule has 2 aromatic heterocycles. The number of furan rings is 1. The number of nitrogens with two attached hydrogens (primary N) is 1. The average molecular weight is 249 g/mol. The molecule has 0 aliphatic heterocycles. The number of nitrogens with zero attached hydrogens (tertiary/aromatic N) is 2. The molecule has 0 saturated heterocycles. The van der Waals surface area contributed by atoms with E-state index in [-0.39, 0.29) is 5.92 Å². The van der Waals surface area contributed by atoms with Gasteiger partial charge in [-0.25, -0.2) is 0 Å². The van der Waals surface area contributed by atoms with Gasteiger partial charge in [0.1, 0.15) is 0 Å². The van der Waals surface area contributed by atoms with Crippen LogP contribution in [0.1, 0.15) is 37.6 Å². The SMILES string of the molecule is Cc1ccoc1-c1noc(C(CN)CC(C)C)n1. The Morgan fingerprint density at radius 2 is 2.17 bits per heavy atom. The summed E-state index contributed by atoms with van der Waals surface area (Å²) in [4.78, 5) is 4.39. The first-order chi connectivity index (χ1) is 8.61. The normalized spacial score (nSPS) is 13.2. The van der Waals surface area contributed by atoms with Gasteiger partial charge in [0, 0.05) is 6.54 Å². The van der Waals surface area contributed by atoms with Crippen molar-refractivity contribution in [2.45, 2.75) is 33.1 Å². The zero-order valence-corrected chi connectivity index (χ0v) is 11.0. The molecule has 2 N–H and O–H groups in total. The highest BCUT2D eigenvalue weighted by molar-refractivity contribution is 5.51. The first-order valence-electron chi connectivity index (χ1n) is 6.20. The summed E-state index contributed by atoms with van der Waals surface area (Å²) in [6.07, 6.45) is 2.56. The molecule has 5 heteroatoms. The fourth-order valence-electron chi connectivity index (χ4n) is 1.96. The molecule has 5 nitrogen and oxygen atoms in total. The van der Waals surface area contributed by atoms with Crippen molar-refractivity contribution in [3.63, 3.8) is 0 Å². The minimum Gasteiger partial charge on any atom is -0.461 e. The molecule has 0 aliphatic carbocycles. The first kappa shape index (κ1) is 12.8. The predicted octanol–water partition coefficient (Wildman–Crippen LogP) is 2.73. The molecule has 0 saturated carbocycles. The molecule has 0 fully saturated rings. The van der Waals surface area contributed by atoms with Crippen molar-refractivity contribution in [1.29, 1.82) is 0 Å². The second kappa shape index (κ2) is 5.35. The van der Waals surface area contributed by atoms with Gasteiger partial charge in [-0.2, -0.15) is 4.98 Å². The molecule has 0 aromatic carbocycles. The molecule has 1 atom stereocenters. The van der Waals surface area contributed by atoms with Gasteiger partial charge < -0.3 is 14.7 Å². The highest BCUT2D eigenvalue weighted by Crippen LogP contribution is 2.26. The van der Waals surface area contributed by atoms with Crippen molar-refractivity contribution in [1.82, 2.24) is 10.1 Å². The quantitative estimate of drug-likeness (QED) is 0.881. The third-order valence-electron chi connectivity index (χ3n) is 2.90. The fraction of sp³-hybridized carbons (Fsp3) is 0.538. The zero-order valence-electron chi connectivity index (χ0n) is 11.0. The smallest absolute Gasteiger partial charge is 0.238 e. The van der Waals surface area contributed by atoms with E-state index in [0.717, 1.165) is 12.0 Å². The maximum Gasteiger partial charge on any atom is 0.238 e. The molecule has 1 unspecified atom stereocenters. The first-order valence-corrected chi connectivity index (χ1v) is 6.20. The van der Waals surface area contributed by atoms with E-state index in [2.05, 4.69) is 24.0 Å². The average Bonchev–Trinajstić information content (AvgIpc) is 2.93. The highest BCUT2D eigenvalue weighted by atomic mass is 16.5. The Bertz CT molecular complexity index is 502. The summed E-state index contributed by atoms with van der Waals surface area (Å²) in [5.74, 6) is 2.40. The molecule has 0 radical (unpaired) electrons. The Morgan fingerprint density at radius 3 is 2.72 bits per heavy atom. The Labute approximate surface area is 106 Å². The summed E-state index contributed by atoms with van der Waals surface area (Å²) < 4.78 is 10.6. The van der Waals surface area contributed by atoms with E-state index in [1.54, 1.807) is 6.26 Å². The lowest BCUT2D eigenvalue weighted by Gasteiger charge is -2.11. The molecule has 98 valence electrons. The molecule has 2 aromatic rings. The maximum absolute atomic E-state index is 5.76. The monoisotopic (exact) mass is 249 g/mol. The van der Waals surface area contributed by atoms with E-state index in [1.165, 1.54) is 0 Å². The van der Waals surface area contributed by atoms with Crippen LogP contribution in [0.3, 0.4) is 0 Å². The summed E-state index contributed by atoms with van der Waals surface area (Å²) in [6.45, 7) is 6.76. The van der Waals surface area contributed by atoms with Gasteiger partial charge in [-0.3, -0.25) is 0 Å². The molecule has 0 amide bonds. The number of aryl methyl sites for hydroxylation is 1. The molecule has 0 aliphatic rings. The van der Waals surface area contributed by atoms with Gasteiger partial charge >= 0.3 is 0 Å². The van der Waals surface area contributed by atoms with Gasteiger partial charge in [0.25, 0.3) is 0 Å². The summed E-state index contributed by atoms with van der Waals surface area (Å²) >= 11 is 0. The van der Waals surface area contributed by atoms with E-state index in [1.807, 2.05) is 13.0 Å². The zero-order chi connectivity index (χ0) is 13.1. The van der Waals surface area contributed by atoms with Crippen LogP contribution in [0.2, 0.25) is 0 Å². The van der Waals surface area contributed by atoms with Crippen LogP contribution in [0.25, 0.3) is 11.6 Å². The van der Waals surface area contributed by atoms with Gasteiger partial charge in [-0.15, -0.1) is 0 Å². The van der Waals surface area contributed by atoms with Crippen LogP contribution in [0.15, 0.2) is 21.3 Å². The van der Waals surface area contributed by atoms with Crippen LogP contribution < -0.4 is 5.73 Å². The largest absolute Gasteiger partial charge is 0.461 e. The van der Waals surface area contributed by atoms with Crippen LogP contribution in [0, 0.1) is 12.8 Å². The second-order valence-corrected chi connectivity index (χ2v) is 4.95. The third-order valence-corrected chi connectivity index (χ3v) is 2.90. The molecule has 18 heavy (non-hydrogen) atoms. The van der Waals surface area contributed by atoms with Gasteiger partial charge in [-0.05, 0) is 30.9 Å². The van der Waals surface area contributed by atoms with Gasteiger partial charge in [0.05, 0.1) is 12.2 Å². The topological polar surface area (TPSA) is 78.1 Å². The van der Waals surface area contributed by atoms with Crippen molar-refractivity contribution in [3.8, 4) is 11.6 Å². The highest BCUT2D eigenvalue weighted by Gasteiger charge is 2.21. The number of hydrogen-bond acceptors (Lipinski definition) is 5. The van der Waals surface area contributed by atoms with Crippen LogP contribution in [-0.2, 0) is 0 Å². The van der Waals surface area contributed by atoms with E-state index in [9.17, 15) is 0 Å². The Balaban J connectivity index is 2.22. The van der Waals surface area contributed by atoms with Crippen molar-refractivity contribution in [3.05, 3.63) is 23.8 Å². The molecular formula is C13H19N3O2. The summed E-state index contributed by atoms with van der Waals surface area (Å²) in [5, 5.41) is 3.96. The lowest BCUT2D eigenvalue weighted by atomic mass is 9.97. The lowest BCUT2D eigenvalue weighted by molar-refractivity contribution is 0.334. The number of aromatic nitrogens is 2.